The Hall–Kier alpha value is -2.88. The number of nitrogens with zero attached hydrogens (tertiary/aromatic N) is 2. The van der Waals surface area contributed by atoms with Crippen molar-refractivity contribution in [2.75, 3.05) is 18.9 Å². The van der Waals surface area contributed by atoms with Gasteiger partial charge >= 0.3 is 6.18 Å². The summed E-state index contributed by atoms with van der Waals surface area (Å²) in [6, 6.07) is 10.5. The highest BCUT2D eigenvalue weighted by Crippen LogP contribution is 2.31. The van der Waals surface area contributed by atoms with E-state index < -0.39 is 21.8 Å². The number of amides is 1. The summed E-state index contributed by atoms with van der Waals surface area (Å²) in [4.78, 5) is 14.2. The lowest BCUT2D eigenvalue weighted by molar-refractivity contribution is -0.137. The second kappa shape index (κ2) is 9.32. The first-order valence-corrected chi connectivity index (χ1v) is 11.5. The lowest BCUT2D eigenvalue weighted by Crippen LogP contribution is -2.20. The minimum absolute atomic E-state index is 0.0233. The Kier molecular flexibility index (Phi) is 6.92. The number of anilines is 1. The third-order valence-electron chi connectivity index (χ3n) is 5.27. The average Bonchev–Trinajstić information content (AvgIpc) is 3.11. The van der Waals surface area contributed by atoms with Gasteiger partial charge in [-0.1, -0.05) is 25.1 Å². The normalized spacial score (nSPS) is 16.9. The van der Waals surface area contributed by atoms with Crippen LogP contribution in [-0.4, -0.2) is 38.7 Å². The highest BCUT2D eigenvalue weighted by Gasteiger charge is 2.30. The molecule has 1 N–H and O–H groups in total. The maximum absolute atomic E-state index is 12.7. The first kappa shape index (κ1) is 23.8. The van der Waals surface area contributed by atoms with Crippen molar-refractivity contribution in [1.82, 2.24) is 4.90 Å². The summed E-state index contributed by atoms with van der Waals surface area (Å²) in [5, 5.41) is 2.65. The number of carbonyl (C=O) groups is 1. The molecular formula is C22H24F3N3O3S. The molecule has 32 heavy (non-hydrogen) atoms. The summed E-state index contributed by atoms with van der Waals surface area (Å²) in [6.07, 6.45) is -2.95. The second-order valence-corrected chi connectivity index (χ2v) is 9.41. The fourth-order valence-corrected chi connectivity index (χ4v) is 4.58. The van der Waals surface area contributed by atoms with E-state index in [4.69, 9.17) is 0 Å². The van der Waals surface area contributed by atoms with E-state index in [2.05, 4.69) is 9.71 Å². The topological polar surface area (TPSA) is 78.8 Å². The molecule has 0 bridgehead atoms. The van der Waals surface area contributed by atoms with Gasteiger partial charge in [-0.3, -0.25) is 4.79 Å². The zero-order chi connectivity index (χ0) is 23.5. The average molecular weight is 468 g/mol. The van der Waals surface area contributed by atoms with Gasteiger partial charge < -0.3 is 10.2 Å². The molecule has 1 amide bonds. The van der Waals surface area contributed by atoms with E-state index in [0.29, 0.717) is 23.5 Å². The summed E-state index contributed by atoms with van der Waals surface area (Å²) in [7, 11) is -2.13. The van der Waals surface area contributed by atoms with E-state index in [1.165, 1.54) is 30.3 Å². The SMILES string of the molecule is CC(CC(=O)Nc1cccc(S(=O)(=O)/N=C2/CCCN2C)c1)c1ccc(C(F)(F)F)cc1. The fourth-order valence-electron chi connectivity index (χ4n) is 3.44. The van der Waals surface area contributed by atoms with Crippen LogP contribution in [0.1, 0.15) is 43.2 Å². The third kappa shape index (κ3) is 5.87. The van der Waals surface area contributed by atoms with Crippen LogP contribution in [0.3, 0.4) is 0 Å². The van der Waals surface area contributed by atoms with Crippen LogP contribution in [0, 0.1) is 0 Å². The van der Waals surface area contributed by atoms with Crippen molar-refractivity contribution in [2.45, 2.75) is 43.2 Å². The van der Waals surface area contributed by atoms with Crippen molar-refractivity contribution >= 4 is 27.5 Å². The number of carbonyl (C=O) groups excluding carboxylic acids is 1. The molecule has 0 saturated carbocycles. The van der Waals surface area contributed by atoms with E-state index in [0.717, 1.165) is 25.1 Å². The molecule has 172 valence electrons. The predicted molar refractivity (Wildman–Crippen MR) is 116 cm³/mol. The lowest BCUT2D eigenvalue weighted by atomic mass is 9.96. The molecule has 1 aliphatic heterocycles. The largest absolute Gasteiger partial charge is 0.416 e. The molecule has 1 atom stereocenters. The summed E-state index contributed by atoms with van der Waals surface area (Å²) in [6.45, 7) is 2.48. The highest BCUT2D eigenvalue weighted by molar-refractivity contribution is 7.90. The van der Waals surface area contributed by atoms with Crippen LogP contribution in [0.4, 0.5) is 18.9 Å². The first-order valence-electron chi connectivity index (χ1n) is 10.1. The third-order valence-corrected chi connectivity index (χ3v) is 6.58. The molecule has 0 radical (unpaired) electrons. The molecule has 0 spiro atoms. The highest BCUT2D eigenvalue weighted by atomic mass is 32.2. The number of sulfonamides is 1. The van der Waals surface area contributed by atoms with E-state index >= 15 is 0 Å². The Morgan fingerprint density at radius 2 is 1.88 bits per heavy atom. The Bertz CT molecular complexity index is 1110. The number of hydrogen-bond acceptors (Lipinski definition) is 3. The molecule has 1 aliphatic rings. The van der Waals surface area contributed by atoms with Gasteiger partial charge in [0.2, 0.25) is 5.91 Å². The number of rotatable bonds is 6. The molecule has 1 heterocycles. The van der Waals surface area contributed by atoms with Gasteiger partial charge in [-0.05, 0) is 48.2 Å². The van der Waals surface area contributed by atoms with Crippen LogP contribution in [0.5, 0.6) is 0 Å². The van der Waals surface area contributed by atoms with Crippen LogP contribution in [0.15, 0.2) is 57.8 Å². The van der Waals surface area contributed by atoms with Crippen molar-refractivity contribution < 1.29 is 26.4 Å². The van der Waals surface area contributed by atoms with E-state index in [1.807, 2.05) is 0 Å². The summed E-state index contributed by atoms with van der Waals surface area (Å²) < 4.78 is 67.3. The number of nitrogens with one attached hydrogen (secondary N) is 1. The van der Waals surface area contributed by atoms with Gasteiger partial charge in [0, 0.05) is 32.1 Å². The van der Waals surface area contributed by atoms with Crippen molar-refractivity contribution in [3.8, 4) is 0 Å². The minimum Gasteiger partial charge on any atom is -0.362 e. The smallest absolute Gasteiger partial charge is 0.362 e. The number of hydrogen-bond donors (Lipinski definition) is 1. The molecular weight excluding hydrogens is 443 g/mol. The lowest BCUT2D eigenvalue weighted by Gasteiger charge is -2.14. The molecule has 10 heteroatoms. The van der Waals surface area contributed by atoms with Gasteiger partial charge in [0.05, 0.1) is 10.5 Å². The Morgan fingerprint density at radius 3 is 2.47 bits per heavy atom. The van der Waals surface area contributed by atoms with E-state index in [1.54, 1.807) is 24.9 Å². The van der Waals surface area contributed by atoms with Crippen LogP contribution < -0.4 is 5.32 Å². The van der Waals surface area contributed by atoms with Gasteiger partial charge in [-0.2, -0.15) is 21.6 Å². The van der Waals surface area contributed by atoms with Crippen LogP contribution in [0.25, 0.3) is 0 Å². The van der Waals surface area contributed by atoms with Gasteiger partial charge in [0.25, 0.3) is 10.0 Å². The standard InChI is InChI=1S/C22H24F3N3O3S/c1-15(16-8-10-17(11-9-16)22(23,24)25)13-21(29)26-18-5-3-6-19(14-18)32(30,31)27-20-7-4-12-28(20)2/h3,5-6,8-11,14-15H,4,7,12-13H2,1-2H3,(H,26,29)/b27-20-. The van der Waals surface area contributed by atoms with Crippen LogP contribution in [-0.2, 0) is 21.0 Å². The van der Waals surface area contributed by atoms with E-state index in [9.17, 15) is 26.4 Å². The summed E-state index contributed by atoms with van der Waals surface area (Å²) in [5.74, 6) is -0.202. The van der Waals surface area contributed by atoms with Gasteiger partial charge in [-0.15, -0.1) is 4.40 Å². The second-order valence-electron chi connectivity index (χ2n) is 7.81. The van der Waals surface area contributed by atoms with Crippen molar-refractivity contribution in [1.29, 1.82) is 0 Å². The maximum atomic E-state index is 12.7. The quantitative estimate of drug-likeness (QED) is 0.671. The zero-order valence-electron chi connectivity index (χ0n) is 17.7. The maximum Gasteiger partial charge on any atom is 0.416 e. The van der Waals surface area contributed by atoms with Gasteiger partial charge in [0.1, 0.15) is 5.84 Å². The molecule has 1 saturated heterocycles. The van der Waals surface area contributed by atoms with Crippen LogP contribution in [0.2, 0.25) is 0 Å². The predicted octanol–water partition coefficient (Wildman–Crippen LogP) is 4.65. The summed E-state index contributed by atoms with van der Waals surface area (Å²) >= 11 is 0. The fraction of sp³-hybridized carbons (Fsp3) is 0.364. The minimum atomic E-state index is -4.41. The number of benzene rings is 2. The molecule has 6 nitrogen and oxygen atoms in total. The van der Waals surface area contributed by atoms with Crippen LogP contribution >= 0.6 is 0 Å². The monoisotopic (exact) mass is 467 g/mol. The molecule has 3 rings (SSSR count). The van der Waals surface area contributed by atoms with Gasteiger partial charge in [0.15, 0.2) is 0 Å². The number of amidine groups is 1. The number of likely N-dealkylation sites (tertiary alicyclic amines) is 1. The Morgan fingerprint density at radius 1 is 1.19 bits per heavy atom. The number of halogens is 3. The zero-order valence-corrected chi connectivity index (χ0v) is 18.5. The van der Waals surface area contributed by atoms with Crippen molar-refractivity contribution in [3.05, 3.63) is 59.7 Å². The first-order chi connectivity index (χ1) is 15.0. The molecule has 1 fully saturated rings. The Labute approximate surface area is 185 Å². The number of alkyl halides is 3. The molecule has 2 aromatic carbocycles. The van der Waals surface area contributed by atoms with Gasteiger partial charge in [-0.25, -0.2) is 0 Å². The molecule has 2 aromatic rings. The Balaban J connectivity index is 1.67. The van der Waals surface area contributed by atoms with Crippen molar-refractivity contribution in [2.24, 2.45) is 4.40 Å². The summed E-state index contributed by atoms with van der Waals surface area (Å²) in [5.41, 5.74) is 0.153. The molecule has 1 unspecified atom stereocenters. The molecule has 0 aliphatic carbocycles. The van der Waals surface area contributed by atoms with Crippen molar-refractivity contribution in [3.63, 3.8) is 0 Å². The molecule has 0 aromatic heterocycles. The van der Waals surface area contributed by atoms with E-state index in [-0.39, 0.29) is 23.1 Å².